The van der Waals surface area contributed by atoms with Crippen molar-refractivity contribution in [2.75, 3.05) is 6.54 Å². The molecule has 5 heteroatoms. The van der Waals surface area contributed by atoms with Crippen molar-refractivity contribution in [1.29, 1.82) is 0 Å². The Balaban J connectivity index is 2.63. The summed E-state index contributed by atoms with van der Waals surface area (Å²) in [6.07, 6.45) is 0.732. The van der Waals surface area contributed by atoms with Crippen LogP contribution in [0.4, 0.5) is 4.39 Å². The summed E-state index contributed by atoms with van der Waals surface area (Å²) in [4.78, 5) is 22.8. The third kappa shape index (κ3) is 5.94. The van der Waals surface area contributed by atoms with E-state index in [0.717, 1.165) is 6.42 Å². The van der Waals surface area contributed by atoms with Gasteiger partial charge in [0.2, 0.25) is 0 Å². The minimum Gasteiger partial charge on any atom is -0.481 e. The highest BCUT2D eigenvalue weighted by Crippen LogP contribution is 2.15. The maximum atomic E-state index is 13.4. The molecule has 0 spiro atoms. The number of halogens is 1. The molecule has 1 atom stereocenters. The van der Waals surface area contributed by atoms with E-state index in [-0.39, 0.29) is 30.4 Å². The molecular formula is C16H22FNO3. The van der Waals surface area contributed by atoms with Crippen LogP contribution >= 0.6 is 0 Å². The van der Waals surface area contributed by atoms with Crippen molar-refractivity contribution in [3.05, 3.63) is 35.1 Å². The van der Waals surface area contributed by atoms with Crippen molar-refractivity contribution < 1.29 is 19.1 Å². The summed E-state index contributed by atoms with van der Waals surface area (Å²) in [6.45, 7) is 5.92. The number of aryl methyl sites for hydroxylation is 1. The number of carboxylic acid groups (broad SMARTS) is 1. The zero-order chi connectivity index (χ0) is 16.0. The monoisotopic (exact) mass is 295 g/mol. The number of carboxylic acids is 1. The molecule has 0 aliphatic carbocycles. The number of carbonyl (C=O) groups is 2. The molecule has 0 aliphatic rings. The fourth-order valence-corrected chi connectivity index (χ4v) is 2.23. The van der Waals surface area contributed by atoms with Crippen molar-refractivity contribution >= 4 is 11.9 Å². The lowest BCUT2D eigenvalue weighted by molar-refractivity contribution is -0.138. The molecule has 0 aliphatic heterocycles. The van der Waals surface area contributed by atoms with E-state index in [2.05, 4.69) is 5.32 Å². The summed E-state index contributed by atoms with van der Waals surface area (Å²) in [6, 6.07) is 4.30. The zero-order valence-corrected chi connectivity index (χ0v) is 12.6. The quantitative estimate of drug-likeness (QED) is 0.812. The van der Waals surface area contributed by atoms with E-state index < -0.39 is 11.8 Å². The van der Waals surface area contributed by atoms with Gasteiger partial charge in [-0.2, -0.15) is 0 Å². The summed E-state index contributed by atoms with van der Waals surface area (Å²) in [5.74, 6) is -1.46. The molecule has 0 aromatic heterocycles. The van der Waals surface area contributed by atoms with E-state index in [1.807, 2.05) is 13.8 Å². The summed E-state index contributed by atoms with van der Waals surface area (Å²) >= 11 is 0. The maximum Gasteiger partial charge on any atom is 0.303 e. The van der Waals surface area contributed by atoms with Gasteiger partial charge < -0.3 is 10.4 Å². The Labute approximate surface area is 124 Å². The summed E-state index contributed by atoms with van der Waals surface area (Å²) in [5, 5.41) is 11.6. The number of nitrogens with one attached hydrogen (secondary N) is 1. The number of hydrogen-bond donors (Lipinski definition) is 2. The van der Waals surface area contributed by atoms with Crippen LogP contribution in [-0.4, -0.2) is 23.5 Å². The molecule has 0 saturated carbocycles. The fourth-order valence-electron chi connectivity index (χ4n) is 2.23. The van der Waals surface area contributed by atoms with Gasteiger partial charge >= 0.3 is 5.97 Å². The van der Waals surface area contributed by atoms with Gasteiger partial charge in [0.25, 0.3) is 5.91 Å². The molecule has 1 rings (SSSR count). The Morgan fingerprint density at radius 1 is 1.33 bits per heavy atom. The number of rotatable bonds is 7. The summed E-state index contributed by atoms with van der Waals surface area (Å²) in [5.41, 5.74) is 0.729. The average Bonchev–Trinajstić information content (AvgIpc) is 2.37. The zero-order valence-electron chi connectivity index (χ0n) is 12.6. The number of hydrogen-bond acceptors (Lipinski definition) is 2. The molecule has 4 nitrogen and oxygen atoms in total. The van der Waals surface area contributed by atoms with Crippen LogP contribution in [-0.2, 0) is 4.79 Å². The molecule has 0 heterocycles. The Hall–Kier alpha value is -1.91. The molecular weight excluding hydrogens is 273 g/mol. The third-order valence-corrected chi connectivity index (χ3v) is 3.25. The number of benzene rings is 1. The van der Waals surface area contributed by atoms with Crippen LogP contribution in [0, 0.1) is 24.6 Å². The molecule has 2 N–H and O–H groups in total. The number of carbonyl (C=O) groups excluding carboxylic acids is 1. The second-order valence-corrected chi connectivity index (χ2v) is 5.77. The van der Waals surface area contributed by atoms with Crippen LogP contribution in [0.2, 0.25) is 0 Å². The molecule has 0 radical (unpaired) electrons. The highest BCUT2D eigenvalue weighted by molar-refractivity contribution is 5.94. The van der Waals surface area contributed by atoms with Gasteiger partial charge in [-0.15, -0.1) is 0 Å². The number of aliphatic carboxylic acids is 1. The number of amides is 1. The highest BCUT2D eigenvalue weighted by Gasteiger charge is 2.17. The predicted molar refractivity (Wildman–Crippen MR) is 78.7 cm³/mol. The Morgan fingerprint density at radius 2 is 2.00 bits per heavy atom. The minimum absolute atomic E-state index is 0.0146. The van der Waals surface area contributed by atoms with E-state index in [4.69, 9.17) is 5.11 Å². The van der Waals surface area contributed by atoms with E-state index in [9.17, 15) is 14.0 Å². The van der Waals surface area contributed by atoms with E-state index in [1.54, 1.807) is 19.1 Å². The molecule has 0 saturated heterocycles. The lowest BCUT2D eigenvalue weighted by atomic mass is 9.94. The van der Waals surface area contributed by atoms with Gasteiger partial charge in [-0.05, 0) is 42.9 Å². The van der Waals surface area contributed by atoms with E-state index >= 15 is 0 Å². The first-order valence-corrected chi connectivity index (χ1v) is 7.05. The average molecular weight is 295 g/mol. The van der Waals surface area contributed by atoms with E-state index in [1.165, 1.54) is 6.07 Å². The largest absolute Gasteiger partial charge is 0.481 e. The molecule has 0 unspecified atom stereocenters. The van der Waals surface area contributed by atoms with Gasteiger partial charge in [-0.25, -0.2) is 4.39 Å². The fraction of sp³-hybridized carbons (Fsp3) is 0.500. The predicted octanol–water partition coefficient (Wildman–Crippen LogP) is 3.00. The van der Waals surface area contributed by atoms with Gasteiger partial charge in [0.05, 0.1) is 0 Å². The van der Waals surface area contributed by atoms with Crippen LogP contribution in [0.1, 0.15) is 42.6 Å². The molecule has 0 fully saturated rings. The first-order valence-electron chi connectivity index (χ1n) is 7.05. The van der Waals surface area contributed by atoms with Gasteiger partial charge in [-0.1, -0.05) is 19.9 Å². The van der Waals surface area contributed by atoms with Gasteiger partial charge in [0.15, 0.2) is 0 Å². The normalized spacial score (nSPS) is 12.2. The van der Waals surface area contributed by atoms with Crippen LogP contribution < -0.4 is 5.32 Å². The maximum absolute atomic E-state index is 13.4. The first-order chi connectivity index (χ1) is 9.79. The molecule has 116 valence electrons. The van der Waals surface area contributed by atoms with Crippen molar-refractivity contribution in [2.24, 2.45) is 11.8 Å². The highest BCUT2D eigenvalue weighted by atomic mass is 19.1. The summed E-state index contributed by atoms with van der Waals surface area (Å²) in [7, 11) is 0. The molecule has 1 aromatic rings. The SMILES string of the molecule is Cc1ccc(C(=O)NC[C@H](CC(=O)O)CC(C)C)cc1F. The van der Waals surface area contributed by atoms with Crippen LogP contribution in [0.25, 0.3) is 0 Å². The van der Waals surface area contributed by atoms with Crippen LogP contribution in [0.5, 0.6) is 0 Å². The molecule has 0 bridgehead atoms. The Kier molecular flexibility index (Phi) is 6.34. The van der Waals surface area contributed by atoms with Gasteiger partial charge in [-0.3, -0.25) is 9.59 Å². The summed E-state index contributed by atoms with van der Waals surface area (Å²) < 4.78 is 13.4. The first kappa shape index (κ1) is 17.1. The second-order valence-electron chi connectivity index (χ2n) is 5.77. The van der Waals surface area contributed by atoms with Crippen molar-refractivity contribution in [3.8, 4) is 0 Å². The van der Waals surface area contributed by atoms with Gasteiger partial charge in [0.1, 0.15) is 5.82 Å². The second kappa shape index (κ2) is 7.76. The molecule has 1 amide bonds. The van der Waals surface area contributed by atoms with Crippen LogP contribution in [0.3, 0.4) is 0 Å². The Bertz CT molecular complexity index is 514. The lowest BCUT2D eigenvalue weighted by Gasteiger charge is -2.17. The lowest BCUT2D eigenvalue weighted by Crippen LogP contribution is -2.31. The molecule has 1 aromatic carbocycles. The van der Waals surface area contributed by atoms with Crippen LogP contribution in [0.15, 0.2) is 18.2 Å². The van der Waals surface area contributed by atoms with Crippen molar-refractivity contribution in [3.63, 3.8) is 0 Å². The van der Waals surface area contributed by atoms with Crippen molar-refractivity contribution in [2.45, 2.75) is 33.6 Å². The standard InChI is InChI=1S/C16H22FNO3/c1-10(2)6-12(7-15(19)20)9-18-16(21)13-5-4-11(3)14(17)8-13/h4-5,8,10,12H,6-7,9H2,1-3H3,(H,18,21)(H,19,20)/t12-/m0/s1. The third-order valence-electron chi connectivity index (χ3n) is 3.25. The van der Waals surface area contributed by atoms with Gasteiger partial charge in [0, 0.05) is 18.5 Å². The van der Waals surface area contributed by atoms with E-state index in [0.29, 0.717) is 11.5 Å². The smallest absolute Gasteiger partial charge is 0.303 e. The minimum atomic E-state index is -0.878. The molecule has 21 heavy (non-hydrogen) atoms. The van der Waals surface area contributed by atoms with Crippen molar-refractivity contribution in [1.82, 2.24) is 5.32 Å². The topological polar surface area (TPSA) is 66.4 Å². The Morgan fingerprint density at radius 3 is 2.52 bits per heavy atom.